The summed E-state index contributed by atoms with van der Waals surface area (Å²) < 4.78 is 72.9. The molecule has 0 aliphatic carbocycles. The SMILES string of the molecule is COc1ccccc1CCCNC(=O)CN(c1ccc(Cl)c(C(F)(F)F)c1)S(=O)(=O)c1ccccc1. The number of ether oxygens (including phenoxy) is 1. The van der Waals surface area contributed by atoms with Crippen LogP contribution in [-0.4, -0.2) is 34.5 Å². The Bertz CT molecular complexity index is 1300. The Morgan fingerprint density at radius 3 is 2.36 bits per heavy atom. The minimum Gasteiger partial charge on any atom is -0.496 e. The molecule has 0 fully saturated rings. The first kappa shape index (κ1) is 27.3. The maximum atomic E-state index is 13.4. The van der Waals surface area contributed by atoms with Crippen LogP contribution < -0.4 is 14.4 Å². The lowest BCUT2D eigenvalue weighted by Crippen LogP contribution is -2.41. The van der Waals surface area contributed by atoms with E-state index in [1.165, 1.54) is 24.3 Å². The molecule has 11 heteroatoms. The summed E-state index contributed by atoms with van der Waals surface area (Å²) in [5.74, 6) is 0.0465. The highest BCUT2D eigenvalue weighted by Crippen LogP contribution is 2.38. The fraction of sp³-hybridized carbons (Fsp3) is 0.240. The second-order valence-electron chi connectivity index (χ2n) is 7.75. The van der Waals surface area contributed by atoms with Crippen LogP contribution in [0.1, 0.15) is 17.5 Å². The number of halogens is 4. The summed E-state index contributed by atoms with van der Waals surface area (Å²) in [6.07, 6.45) is -3.67. The highest BCUT2D eigenvalue weighted by molar-refractivity contribution is 7.92. The van der Waals surface area contributed by atoms with Gasteiger partial charge in [0.05, 0.1) is 28.3 Å². The highest BCUT2D eigenvalue weighted by atomic mass is 35.5. The number of sulfonamides is 1. The van der Waals surface area contributed by atoms with Crippen LogP contribution in [0.3, 0.4) is 0 Å². The number of para-hydroxylation sites is 1. The van der Waals surface area contributed by atoms with E-state index in [0.29, 0.717) is 29.0 Å². The Morgan fingerprint density at radius 2 is 1.69 bits per heavy atom. The van der Waals surface area contributed by atoms with Crippen molar-refractivity contribution in [3.63, 3.8) is 0 Å². The van der Waals surface area contributed by atoms with Crippen LogP contribution >= 0.6 is 11.6 Å². The number of nitrogens with one attached hydrogen (secondary N) is 1. The molecule has 0 bridgehead atoms. The maximum absolute atomic E-state index is 13.4. The predicted octanol–water partition coefficient (Wildman–Crippen LogP) is 5.31. The molecule has 0 radical (unpaired) electrons. The van der Waals surface area contributed by atoms with Gasteiger partial charge in [-0.2, -0.15) is 13.2 Å². The van der Waals surface area contributed by atoms with Crippen LogP contribution in [0, 0.1) is 0 Å². The molecule has 36 heavy (non-hydrogen) atoms. The zero-order valence-corrected chi connectivity index (χ0v) is 20.8. The van der Waals surface area contributed by atoms with E-state index in [4.69, 9.17) is 16.3 Å². The third kappa shape index (κ3) is 6.70. The monoisotopic (exact) mass is 540 g/mol. The van der Waals surface area contributed by atoms with Gasteiger partial charge in [-0.3, -0.25) is 9.10 Å². The number of carbonyl (C=O) groups excluding carboxylic acids is 1. The summed E-state index contributed by atoms with van der Waals surface area (Å²) in [6.45, 7) is -0.491. The summed E-state index contributed by atoms with van der Waals surface area (Å²) >= 11 is 5.70. The summed E-state index contributed by atoms with van der Waals surface area (Å²) in [6, 6.07) is 17.3. The van der Waals surface area contributed by atoms with Crippen molar-refractivity contribution >= 4 is 33.2 Å². The van der Waals surface area contributed by atoms with Gasteiger partial charge in [0.1, 0.15) is 12.3 Å². The molecule has 0 aliphatic heterocycles. The minimum absolute atomic E-state index is 0.169. The Balaban J connectivity index is 1.80. The molecule has 6 nitrogen and oxygen atoms in total. The minimum atomic E-state index is -4.81. The Hall–Kier alpha value is -3.24. The lowest BCUT2D eigenvalue weighted by atomic mass is 10.1. The number of hydrogen-bond donors (Lipinski definition) is 1. The maximum Gasteiger partial charge on any atom is 0.417 e. The van der Waals surface area contributed by atoms with E-state index in [-0.39, 0.29) is 17.1 Å². The number of nitrogens with zero attached hydrogens (tertiary/aromatic N) is 1. The Kier molecular flexibility index (Phi) is 8.86. The molecule has 3 rings (SSSR count). The molecule has 0 unspecified atom stereocenters. The lowest BCUT2D eigenvalue weighted by molar-refractivity contribution is -0.137. The number of benzene rings is 3. The molecule has 0 atom stereocenters. The molecular weight excluding hydrogens is 517 g/mol. The van der Waals surface area contributed by atoms with Crippen molar-refractivity contribution in [2.75, 3.05) is 24.5 Å². The van der Waals surface area contributed by atoms with E-state index >= 15 is 0 Å². The van der Waals surface area contributed by atoms with Crippen molar-refractivity contribution in [2.24, 2.45) is 0 Å². The van der Waals surface area contributed by atoms with Gasteiger partial charge in [-0.25, -0.2) is 8.42 Å². The molecule has 1 N–H and O–H groups in total. The molecule has 0 aliphatic rings. The third-order valence-electron chi connectivity index (χ3n) is 5.30. The first-order chi connectivity index (χ1) is 17.0. The van der Waals surface area contributed by atoms with Crippen LogP contribution in [0.25, 0.3) is 0 Å². The van der Waals surface area contributed by atoms with E-state index in [1.54, 1.807) is 13.2 Å². The van der Waals surface area contributed by atoms with Gasteiger partial charge in [-0.1, -0.05) is 48.0 Å². The number of anilines is 1. The van der Waals surface area contributed by atoms with Crippen molar-refractivity contribution in [1.29, 1.82) is 0 Å². The molecule has 192 valence electrons. The average molecular weight is 541 g/mol. The molecule has 3 aromatic rings. The van der Waals surface area contributed by atoms with Crippen LogP contribution in [0.15, 0.2) is 77.7 Å². The van der Waals surface area contributed by atoms with Gasteiger partial charge in [-0.05, 0) is 54.8 Å². The van der Waals surface area contributed by atoms with Crippen molar-refractivity contribution in [3.8, 4) is 5.75 Å². The standard InChI is InChI=1S/C25H24ClF3N2O4S/c1-35-23-12-6-5-8-18(23)9-7-15-30-24(32)17-31(36(33,34)20-10-3-2-4-11-20)19-13-14-22(26)21(16-19)25(27,28)29/h2-6,8,10-14,16H,7,9,15,17H2,1H3,(H,30,32). The van der Waals surface area contributed by atoms with Gasteiger partial charge >= 0.3 is 6.18 Å². The number of carbonyl (C=O) groups is 1. The largest absolute Gasteiger partial charge is 0.496 e. The molecule has 3 aromatic carbocycles. The van der Waals surface area contributed by atoms with Crippen molar-refractivity contribution in [3.05, 3.63) is 88.9 Å². The lowest BCUT2D eigenvalue weighted by Gasteiger charge is -2.25. The van der Waals surface area contributed by atoms with Gasteiger partial charge in [-0.15, -0.1) is 0 Å². The Labute approximate surface area is 212 Å². The van der Waals surface area contributed by atoms with Gasteiger partial charge in [0.25, 0.3) is 10.0 Å². The zero-order valence-electron chi connectivity index (χ0n) is 19.3. The molecule has 0 saturated heterocycles. The Morgan fingerprint density at radius 1 is 1.03 bits per heavy atom. The van der Waals surface area contributed by atoms with Gasteiger partial charge < -0.3 is 10.1 Å². The second kappa shape index (κ2) is 11.7. The van der Waals surface area contributed by atoms with Gasteiger partial charge in [0.15, 0.2) is 0 Å². The molecule has 0 saturated carbocycles. The number of rotatable bonds is 10. The molecular formula is C25H24ClF3N2O4S. The molecule has 0 aromatic heterocycles. The fourth-order valence-electron chi connectivity index (χ4n) is 3.52. The number of methoxy groups -OCH3 is 1. The average Bonchev–Trinajstić information content (AvgIpc) is 2.85. The number of alkyl halides is 3. The topological polar surface area (TPSA) is 75.7 Å². The number of hydrogen-bond acceptors (Lipinski definition) is 4. The normalized spacial score (nSPS) is 11.7. The summed E-state index contributed by atoms with van der Waals surface area (Å²) in [7, 11) is -2.80. The van der Waals surface area contributed by atoms with Crippen molar-refractivity contribution in [1.82, 2.24) is 5.32 Å². The summed E-state index contributed by atoms with van der Waals surface area (Å²) in [5, 5.41) is 2.06. The van der Waals surface area contributed by atoms with Crippen LogP contribution in [0.2, 0.25) is 5.02 Å². The van der Waals surface area contributed by atoms with E-state index < -0.39 is 39.2 Å². The van der Waals surface area contributed by atoms with Crippen LogP contribution in [-0.2, 0) is 27.4 Å². The van der Waals surface area contributed by atoms with Gasteiger partial charge in [0.2, 0.25) is 5.91 Å². The first-order valence-electron chi connectivity index (χ1n) is 10.9. The fourth-order valence-corrected chi connectivity index (χ4v) is 5.18. The molecule has 0 heterocycles. The smallest absolute Gasteiger partial charge is 0.417 e. The predicted molar refractivity (Wildman–Crippen MR) is 132 cm³/mol. The summed E-state index contributed by atoms with van der Waals surface area (Å²) in [5.41, 5.74) is -0.588. The molecule has 1 amide bonds. The highest BCUT2D eigenvalue weighted by Gasteiger charge is 2.35. The second-order valence-corrected chi connectivity index (χ2v) is 10.0. The quantitative estimate of drug-likeness (QED) is 0.354. The third-order valence-corrected chi connectivity index (χ3v) is 7.42. The van der Waals surface area contributed by atoms with Crippen molar-refractivity contribution < 1.29 is 31.1 Å². The first-order valence-corrected chi connectivity index (χ1v) is 12.7. The zero-order chi connectivity index (χ0) is 26.3. The van der Waals surface area contributed by atoms with Gasteiger partial charge in [0, 0.05) is 6.54 Å². The van der Waals surface area contributed by atoms with Crippen LogP contribution in [0.5, 0.6) is 5.75 Å². The van der Waals surface area contributed by atoms with E-state index in [2.05, 4.69) is 5.32 Å². The number of aryl methyl sites for hydroxylation is 1. The van der Waals surface area contributed by atoms with E-state index in [9.17, 15) is 26.4 Å². The number of amides is 1. The van der Waals surface area contributed by atoms with E-state index in [1.807, 2.05) is 24.3 Å². The molecule has 0 spiro atoms. The summed E-state index contributed by atoms with van der Waals surface area (Å²) in [4.78, 5) is 12.5. The van der Waals surface area contributed by atoms with E-state index in [0.717, 1.165) is 17.7 Å². The van der Waals surface area contributed by atoms with Crippen molar-refractivity contribution in [2.45, 2.75) is 23.9 Å². The van der Waals surface area contributed by atoms with Crippen LogP contribution in [0.4, 0.5) is 18.9 Å².